The number of piperidine rings is 1. The molecule has 1 fully saturated rings. The summed E-state index contributed by atoms with van der Waals surface area (Å²) < 4.78 is 40.1. The zero-order chi connectivity index (χ0) is 18.9. The minimum atomic E-state index is -3.38. The summed E-state index contributed by atoms with van der Waals surface area (Å²) in [5, 5.41) is -0.361. The van der Waals surface area contributed by atoms with Crippen LogP contribution >= 0.6 is 11.3 Å². The van der Waals surface area contributed by atoms with E-state index < -0.39 is 9.84 Å². The van der Waals surface area contributed by atoms with Gasteiger partial charge in [-0.2, -0.15) is 0 Å². The first-order valence-electron chi connectivity index (χ1n) is 9.09. The fourth-order valence-corrected chi connectivity index (χ4v) is 6.68. The Balaban J connectivity index is 1.37. The average Bonchev–Trinajstić information content (AvgIpc) is 3.13. The topological polar surface area (TPSA) is 50.3 Å². The van der Waals surface area contributed by atoms with Crippen molar-refractivity contribution in [1.82, 2.24) is 9.88 Å². The van der Waals surface area contributed by atoms with Gasteiger partial charge in [-0.1, -0.05) is 24.3 Å². The number of halogens is 1. The van der Waals surface area contributed by atoms with E-state index in [4.69, 9.17) is 0 Å². The van der Waals surface area contributed by atoms with Gasteiger partial charge in [-0.25, -0.2) is 17.8 Å². The van der Waals surface area contributed by atoms with Gasteiger partial charge in [0.15, 0.2) is 0 Å². The number of thiazole rings is 1. The Labute approximate surface area is 162 Å². The minimum Gasteiger partial charge on any atom is -0.303 e. The van der Waals surface area contributed by atoms with E-state index in [2.05, 4.69) is 9.88 Å². The molecule has 1 saturated heterocycles. The predicted molar refractivity (Wildman–Crippen MR) is 106 cm³/mol. The Bertz CT molecular complexity index is 991. The third-order valence-electron chi connectivity index (χ3n) is 5.12. The zero-order valence-electron chi connectivity index (χ0n) is 14.8. The molecule has 2 aromatic carbocycles. The SMILES string of the molecule is O=S(=O)(c1nc2ccccc2s1)C1CCN(CCc2ccc(F)cc2)CC1. The standard InChI is InChI=1S/C20H21FN2O2S2/c21-16-7-5-15(6-8-16)9-12-23-13-10-17(11-14-23)27(24,25)20-22-18-3-1-2-4-19(18)26-20/h1-8,17H,9-14H2. The van der Waals surface area contributed by atoms with Crippen molar-refractivity contribution in [1.29, 1.82) is 0 Å². The largest absolute Gasteiger partial charge is 0.303 e. The van der Waals surface area contributed by atoms with E-state index in [1.54, 1.807) is 12.1 Å². The maximum atomic E-state index is 13.0. The van der Waals surface area contributed by atoms with Crippen molar-refractivity contribution in [2.24, 2.45) is 0 Å². The van der Waals surface area contributed by atoms with E-state index in [9.17, 15) is 12.8 Å². The number of sulfone groups is 1. The van der Waals surface area contributed by atoms with Crippen molar-refractivity contribution in [3.05, 3.63) is 59.9 Å². The van der Waals surface area contributed by atoms with Crippen molar-refractivity contribution < 1.29 is 12.8 Å². The Morgan fingerprint density at radius 2 is 1.78 bits per heavy atom. The van der Waals surface area contributed by atoms with Gasteiger partial charge in [0.1, 0.15) is 5.82 Å². The minimum absolute atomic E-state index is 0.223. The Hall–Kier alpha value is -1.83. The van der Waals surface area contributed by atoms with E-state index in [0.29, 0.717) is 12.8 Å². The molecule has 2 heterocycles. The van der Waals surface area contributed by atoms with Gasteiger partial charge in [0, 0.05) is 6.54 Å². The fraction of sp³-hybridized carbons (Fsp3) is 0.350. The van der Waals surface area contributed by atoms with Crippen molar-refractivity contribution in [3.63, 3.8) is 0 Å². The summed E-state index contributed by atoms with van der Waals surface area (Å²) in [4.78, 5) is 6.63. The van der Waals surface area contributed by atoms with Gasteiger partial charge in [-0.3, -0.25) is 0 Å². The quantitative estimate of drug-likeness (QED) is 0.647. The van der Waals surface area contributed by atoms with Crippen LogP contribution < -0.4 is 0 Å². The lowest BCUT2D eigenvalue weighted by Crippen LogP contribution is -2.40. The van der Waals surface area contributed by atoms with Crippen LogP contribution in [0.25, 0.3) is 10.2 Å². The molecule has 4 nitrogen and oxygen atoms in total. The summed E-state index contributed by atoms with van der Waals surface area (Å²) in [6, 6.07) is 14.1. The van der Waals surface area contributed by atoms with Gasteiger partial charge >= 0.3 is 0 Å². The number of benzene rings is 2. The molecule has 0 saturated carbocycles. The number of hydrogen-bond acceptors (Lipinski definition) is 5. The molecule has 0 bridgehead atoms. The van der Waals surface area contributed by atoms with Crippen molar-refractivity contribution in [3.8, 4) is 0 Å². The van der Waals surface area contributed by atoms with E-state index in [-0.39, 0.29) is 15.4 Å². The smallest absolute Gasteiger partial charge is 0.210 e. The summed E-state index contributed by atoms with van der Waals surface area (Å²) in [5.41, 5.74) is 1.85. The monoisotopic (exact) mass is 404 g/mol. The fourth-order valence-electron chi connectivity index (χ4n) is 3.50. The molecule has 0 amide bonds. The highest BCUT2D eigenvalue weighted by atomic mass is 32.2. The van der Waals surface area contributed by atoms with E-state index >= 15 is 0 Å². The molecule has 1 aromatic heterocycles. The van der Waals surface area contributed by atoms with Gasteiger partial charge in [0.25, 0.3) is 0 Å². The third kappa shape index (κ3) is 4.05. The average molecular weight is 405 g/mol. The molecule has 27 heavy (non-hydrogen) atoms. The summed E-state index contributed by atoms with van der Waals surface area (Å²) in [6.45, 7) is 2.38. The first-order chi connectivity index (χ1) is 13.0. The van der Waals surface area contributed by atoms with E-state index in [1.807, 2.05) is 24.3 Å². The van der Waals surface area contributed by atoms with Gasteiger partial charge in [-0.15, -0.1) is 11.3 Å². The molecule has 0 spiro atoms. The number of likely N-dealkylation sites (tertiary alicyclic amines) is 1. The molecule has 7 heteroatoms. The van der Waals surface area contributed by atoms with Gasteiger partial charge < -0.3 is 4.90 Å². The second-order valence-corrected chi connectivity index (χ2v) is 10.3. The highest BCUT2D eigenvalue weighted by molar-refractivity contribution is 7.94. The number of aromatic nitrogens is 1. The lowest BCUT2D eigenvalue weighted by atomic mass is 10.1. The lowest BCUT2D eigenvalue weighted by Gasteiger charge is -2.31. The normalized spacial score (nSPS) is 16.8. The summed E-state index contributed by atoms with van der Waals surface area (Å²) in [7, 11) is -3.38. The second kappa shape index (κ2) is 7.66. The molecule has 0 aliphatic carbocycles. The van der Waals surface area contributed by atoms with Crippen LogP contribution in [0.3, 0.4) is 0 Å². The summed E-state index contributed by atoms with van der Waals surface area (Å²) >= 11 is 1.26. The van der Waals surface area contributed by atoms with Crippen LogP contribution in [-0.4, -0.2) is 43.2 Å². The maximum absolute atomic E-state index is 13.0. The van der Waals surface area contributed by atoms with Crippen LogP contribution in [0.15, 0.2) is 52.9 Å². The van der Waals surface area contributed by atoms with Crippen molar-refractivity contribution >= 4 is 31.4 Å². The Morgan fingerprint density at radius 3 is 2.48 bits per heavy atom. The first-order valence-corrected chi connectivity index (χ1v) is 11.4. The molecule has 0 unspecified atom stereocenters. The number of hydrogen-bond donors (Lipinski definition) is 0. The molecular formula is C20H21FN2O2S2. The molecular weight excluding hydrogens is 383 g/mol. The highest BCUT2D eigenvalue weighted by Crippen LogP contribution is 2.31. The van der Waals surface area contributed by atoms with Gasteiger partial charge in [-0.05, 0) is 62.2 Å². The summed E-state index contributed by atoms with van der Waals surface area (Å²) in [5.74, 6) is -0.223. The Morgan fingerprint density at radius 1 is 1.07 bits per heavy atom. The Kier molecular flexibility index (Phi) is 5.25. The van der Waals surface area contributed by atoms with Crippen LogP contribution in [0, 0.1) is 5.82 Å². The third-order valence-corrected chi connectivity index (χ3v) is 8.83. The second-order valence-electron chi connectivity index (χ2n) is 6.91. The number of fused-ring (bicyclic) bond motifs is 1. The molecule has 4 rings (SSSR count). The number of para-hydroxylation sites is 1. The predicted octanol–water partition coefficient (Wildman–Crippen LogP) is 3.92. The van der Waals surface area contributed by atoms with Crippen molar-refractivity contribution in [2.75, 3.05) is 19.6 Å². The van der Waals surface area contributed by atoms with Crippen molar-refractivity contribution in [2.45, 2.75) is 28.9 Å². The molecule has 3 aromatic rings. The molecule has 1 aliphatic rings. The van der Waals surface area contributed by atoms with Crippen LogP contribution in [-0.2, 0) is 16.3 Å². The van der Waals surface area contributed by atoms with Crippen LogP contribution in [0.4, 0.5) is 4.39 Å². The van der Waals surface area contributed by atoms with Crippen LogP contribution in [0.2, 0.25) is 0 Å². The van der Waals surface area contributed by atoms with Gasteiger partial charge in [0.05, 0.1) is 15.5 Å². The lowest BCUT2D eigenvalue weighted by molar-refractivity contribution is 0.232. The zero-order valence-corrected chi connectivity index (χ0v) is 16.5. The van der Waals surface area contributed by atoms with E-state index in [1.165, 1.54) is 23.5 Å². The number of nitrogens with zero attached hydrogens (tertiary/aromatic N) is 2. The molecule has 0 N–H and O–H groups in total. The molecule has 0 atom stereocenters. The van der Waals surface area contributed by atoms with Crippen LogP contribution in [0.5, 0.6) is 0 Å². The molecule has 1 aliphatic heterocycles. The summed E-state index contributed by atoms with van der Waals surface area (Å²) in [6.07, 6.45) is 2.10. The van der Waals surface area contributed by atoms with Crippen LogP contribution in [0.1, 0.15) is 18.4 Å². The van der Waals surface area contributed by atoms with E-state index in [0.717, 1.165) is 41.8 Å². The maximum Gasteiger partial charge on any atom is 0.210 e. The molecule has 142 valence electrons. The highest BCUT2D eigenvalue weighted by Gasteiger charge is 2.33. The van der Waals surface area contributed by atoms with Gasteiger partial charge in [0.2, 0.25) is 14.2 Å². The molecule has 0 radical (unpaired) electrons. The number of rotatable bonds is 5. The first kappa shape index (κ1) is 18.5.